The van der Waals surface area contributed by atoms with Crippen LogP contribution in [0.2, 0.25) is 0 Å². The number of hydrogen-bond acceptors (Lipinski definition) is 2. The van der Waals surface area contributed by atoms with E-state index in [0.29, 0.717) is 11.1 Å². The summed E-state index contributed by atoms with van der Waals surface area (Å²) in [5, 5.41) is 36.3. The molecule has 94 heavy (non-hydrogen) atoms. The van der Waals surface area contributed by atoms with E-state index in [-0.39, 0.29) is 0 Å². The van der Waals surface area contributed by atoms with Crippen LogP contribution in [0.1, 0.15) is 11.1 Å². The number of fused-ring (bicyclic) bond motifs is 24. The molecule has 8 heteroatoms. The molecule has 0 aliphatic rings. The summed E-state index contributed by atoms with van der Waals surface area (Å²) in [4.78, 5) is 0. The van der Waals surface area contributed by atoms with Crippen molar-refractivity contribution in [3.63, 3.8) is 0 Å². The molecule has 6 heterocycles. The highest BCUT2D eigenvalue weighted by Gasteiger charge is 2.33. The third kappa shape index (κ3) is 6.92. The first-order chi connectivity index (χ1) is 46.7. The summed E-state index contributed by atoms with van der Waals surface area (Å²) in [6.45, 7) is 0. The van der Waals surface area contributed by atoms with Crippen molar-refractivity contribution in [2.75, 3.05) is 0 Å². The Kier molecular flexibility index (Phi) is 10.8. The van der Waals surface area contributed by atoms with Crippen LogP contribution in [0.4, 0.5) is 0 Å². The van der Waals surface area contributed by atoms with Gasteiger partial charge in [0.05, 0.1) is 89.2 Å². The molecule has 0 amide bonds. The Hall–Kier alpha value is -13.1. The van der Waals surface area contributed by atoms with E-state index in [1.807, 2.05) is 24.3 Å². The van der Waals surface area contributed by atoms with Crippen molar-refractivity contribution in [1.82, 2.24) is 27.4 Å². The van der Waals surface area contributed by atoms with Gasteiger partial charge in [-0.3, -0.25) is 0 Å². The first-order valence-corrected chi connectivity index (χ1v) is 31.8. The number of aromatic nitrogens is 6. The Morgan fingerprint density at radius 1 is 0.213 bits per heavy atom. The summed E-state index contributed by atoms with van der Waals surface area (Å²) in [5.41, 5.74) is 21.0. The van der Waals surface area contributed by atoms with E-state index >= 15 is 0 Å². The Morgan fingerprint density at radius 2 is 0.447 bits per heavy atom. The first-order valence-electron chi connectivity index (χ1n) is 31.8. The van der Waals surface area contributed by atoms with Gasteiger partial charge in [-0.05, 0) is 120 Å². The summed E-state index contributed by atoms with van der Waals surface area (Å²) >= 11 is 0. The molecule has 0 N–H and O–H groups in total. The molecule has 6 aromatic heterocycles. The van der Waals surface area contributed by atoms with Crippen molar-refractivity contribution in [3.8, 4) is 57.4 Å². The van der Waals surface area contributed by atoms with Gasteiger partial charge in [0.1, 0.15) is 11.6 Å². The highest BCUT2D eigenvalue weighted by molar-refractivity contribution is 6.42. The summed E-state index contributed by atoms with van der Waals surface area (Å²) < 4.78 is 14.7. The van der Waals surface area contributed by atoms with Gasteiger partial charge in [0.15, 0.2) is 0 Å². The van der Waals surface area contributed by atoms with Crippen LogP contribution in [0.25, 0.3) is 176 Å². The topological polar surface area (TPSA) is 77.2 Å². The lowest BCUT2D eigenvalue weighted by Gasteiger charge is -2.19. The predicted molar refractivity (Wildman–Crippen MR) is 387 cm³/mol. The minimum atomic E-state index is 0.495. The monoisotopic (exact) mass is 1190 g/mol. The minimum absolute atomic E-state index is 0.495. The van der Waals surface area contributed by atoms with E-state index in [2.05, 4.69) is 319 Å². The maximum absolute atomic E-state index is 12.9. The minimum Gasteiger partial charge on any atom is -0.308 e. The van der Waals surface area contributed by atoms with Crippen LogP contribution in [0.5, 0.6) is 0 Å². The number of hydrogen-bond donors (Lipinski definition) is 0. The summed E-state index contributed by atoms with van der Waals surface area (Å²) in [6.07, 6.45) is 0. The van der Waals surface area contributed by atoms with Gasteiger partial charge >= 0.3 is 0 Å². The first kappa shape index (κ1) is 51.7. The second-order valence-electron chi connectivity index (χ2n) is 24.5. The van der Waals surface area contributed by atoms with E-state index in [0.717, 1.165) is 176 Å². The fourth-order valence-electron chi connectivity index (χ4n) is 16.2. The van der Waals surface area contributed by atoms with Crippen LogP contribution in [-0.4, -0.2) is 27.4 Å². The Balaban J connectivity index is 1.05. The number of rotatable bonds is 7. The zero-order valence-corrected chi connectivity index (χ0v) is 50.4. The van der Waals surface area contributed by atoms with Crippen molar-refractivity contribution >= 4 is 131 Å². The molecule has 434 valence electrons. The van der Waals surface area contributed by atoms with Crippen LogP contribution < -0.4 is 0 Å². The van der Waals surface area contributed by atoms with E-state index in [9.17, 15) is 10.5 Å². The molecular weight excluding hydrogens is 1150 g/mol. The predicted octanol–water partition coefficient (Wildman–Crippen LogP) is 21.7. The van der Waals surface area contributed by atoms with E-state index in [1.54, 1.807) is 0 Å². The van der Waals surface area contributed by atoms with Crippen molar-refractivity contribution < 1.29 is 0 Å². The molecule has 0 bridgehead atoms. The van der Waals surface area contributed by atoms with Crippen molar-refractivity contribution in [2.24, 2.45) is 0 Å². The Morgan fingerprint density at radius 3 is 0.702 bits per heavy atom. The number of para-hydroxylation sites is 10. The molecular formula is C86H50N8. The molecule has 0 aliphatic heterocycles. The number of nitriles is 2. The fourth-order valence-corrected chi connectivity index (χ4v) is 16.2. The lowest BCUT2D eigenvalue weighted by atomic mass is 9.98. The molecule has 8 nitrogen and oxygen atoms in total. The SMILES string of the molecule is N#Cc1ccc(-c2cc(-n3c4ccccc4c4c5c(c6ccccc6n5-c5ccccc5)c5c(c6ccccc6n5-c5ccccc5)c43)c(C#N)c(-n3c4ccccc4c4c5c(c6ccccc6n5-c5ccccc5)c5c(c6ccccc6n5-c5ccccc5)c43)c2)cc1. The maximum Gasteiger partial charge on any atom is 0.104 e. The molecule has 14 aromatic carbocycles. The van der Waals surface area contributed by atoms with Crippen molar-refractivity contribution in [1.29, 1.82) is 10.5 Å². The van der Waals surface area contributed by atoms with E-state index in [1.165, 1.54) is 0 Å². The van der Waals surface area contributed by atoms with Crippen LogP contribution >= 0.6 is 0 Å². The molecule has 0 spiro atoms. The molecule has 20 aromatic rings. The van der Waals surface area contributed by atoms with E-state index < -0.39 is 0 Å². The third-order valence-electron chi connectivity index (χ3n) is 19.8. The van der Waals surface area contributed by atoms with Crippen LogP contribution in [0, 0.1) is 22.7 Å². The van der Waals surface area contributed by atoms with Gasteiger partial charge in [0.25, 0.3) is 0 Å². The van der Waals surface area contributed by atoms with Gasteiger partial charge in [-0.15, -0.1) is 0 Å². The summed E-state index contributed by atoms with van der Waals surface area (Å²) in [6, 6.07) is 114. The van der Waals surface area contributed by atoms with Crippen LogP contribution in [0.3, 0.4) is 0 Å². The number of benzene rings is 14. The second-order valence-corrected chi connectivity index (χ2v) is 24.5. The molecule has 20 rings (SSSR count). The van der Waals surface area contributed by atoms with Crippen LogP contribution in [-0.2, 0) is 0 Å². The molecule has 0 fully saturated rings. The molecule has 0 aliphatic carbocycles. The normalized spacial score (nSPS) is 12.0. The smallest absolute Gasteiger partial charge is 0.104 e. The molecule has 0 saturated heterocycles. The lowest BCUT2D eigenvalue weighted by Crippen LogP contribution is -2.06. The fraction of sp³-hybridized carbons (Fsp3) is 0. The van der Waals surface area contributed by atoms with Crippen LogP contribution in [0.15, 0.2) is 303 Å². The molecule has 0 saturated carbocycles. The third-order valence-corrected chi connectivity index (χ3v) is 19.8. The zero-order chi connectivity index (χ0) is 61.9. The Bertz CT molecular complexity index is 6190. The van der Waals surface area contributed by atoms with Gasteiger partial charge in [-0.1, -0.05) is 194 Å². The summed E-state index contributed by atoms with van der Waals surface area (Å²) in [5.74, 6) is 0. The largest absolute Gasteiger partial charge is 0.308 e. The van der Waals surface area contributed by atoms with Gasteiger partial charge in [0, 0.05) is 87.4 Å². The average molecular weight is 1200 g/mol. The van der Waals surface area contributed by atoms with E-state index in [4.69, 9.17) is 0 Å². The maximum atomic E-state index is 12.9. The average Bonchev–Trinajstić information content (AvgIpc) is 1.51. The second kappa shape index (κ2) is 19.7. The molecule has 0 atom stereocenters. The highest BCUT2D eigenvalue weighted by atomic mass is 15.1. The van der Waals surface area contributed by atoms with Gasteiger partial charge in [0.2, 0.25) is 0 Å². The molecule has 0 unspecified atom stereocenters. The van der Waals surface area contributed by atoms with Crippen molar-refractivity contribution in [3.05, 3.63) is 314 Å². The number of nitrogens with zero attached hydrogens (tertiary/aromatic N) is 8. The lowest BCUT2D eigenvalue weighted by molar-refractivity contribution is 1.12. The summed E-state index contributed by atoms with van der Waals surface area (Å²) in [7, 11) is 0. The molecule has 0 radical (unpaired) electrons. The van der Waals surface area contributed by atoms with Gasteiger partial charge in [-0.2, -0.15) is 10.5 Å². The zero-order valence-electron chi connectivity index (χ0n) is 50.4. The van der Waals surface area contributed by atoms with Gasteiger partial charge in [-0.25, -0.2) is 0 Å². The quantitative estimate of drug-likeness (QED) is 0.159. The Labute approximate surface area is 537 Å². The van der Waals surface area contributed by atoms with Gasteiger partial charge < -0.3 is 27.4 Å². The van der Waals surface area contributed by atoms with Crippen molar-refractivity contribution in [2.45, 2.75) is 0 Å². The highest BCUT2D eigenvalue weighted by Crippen LogP contribution is 2.54. The standard InChI is InChI=1S/C86H50N8/c87-51-53-45-47-54(48-46-53)55-49-73(93-71-43-23-17-37-64(71)79-83-75(60-33-13-19-39-67(60)89(83)56-25-5-1-6-26-56)81-77(85(79)93)62-35-15-21-41-69(62)91(81)58-29-9-3-10-30-58)66(52-88)74(50-55)94-72-44-24-18-38-65(72)80-84-76(61-34-14-20-40-68(61)90(84)57-27-7-2-8-28-57)82-78(86(80)94)63-36-16-22-42-70(63)92(82)59-31-11-4-12-32-59/h1-50H.